The van der Waals surface area contributed by atoms with Crippen LogP contribution in [0, 0.1) is 6.92 Å². The van der Waals surface area contributed by atoms with Gasteiger partial charge in [-0.05, 0) is 85.4 Å². The summed E-state index contributed by atoms with van der Waals surface area (Å²) < 4.78 is 6.79. The van der Waals surface area contributed by atoms with Crippen LogP contribution in [0.4, 0.5) is 5.69 Å². The van der Waals surface area contributed by atoms with Gasteiger partial charge in [-0.3, -0.25) is 10.1 Å². The van der Waals surface area contributed by atoms with Gasteiger partial charge in [0, 0.05) is 27.4 Å². The third-order valence-corrected chi connectivity index (χ3v) is 7.20. The van der Waals surface area contributed by atoms with Crippen molar-refractivity contribution in [2.75, 3.05) is 5.32 Å². The largest absolute Gasteiger partial charge is 0.507 e. The Kier molecular flexibility index (Phi) is 7.49. The van der Waals surface area contributed by atoms with E-state index >= 15 is 0 Å². The molecule has 190 valence electrons. The lowest BCUT2D eigenvalue weighted by Crippen LogP contribution is -2.32. The molecule has 0 saturated heterocycles. The number of furan rings is 1. The zero-order valence-corrected chi connectivity index (χ0v) is 22.9. The molecule has 1 amide bonds. The van der Waals surface area contributed by atoms with E-state index in [1.807, 2.05) is 24.3 Å². The summed E-state index contributed by atoms with van der Waals surface area (Å²) in [5.41, 5.74) is 3.42. The first-order valence-electron chi connectivity index (χ1n) is 11.3. The van der Waals surface area contributed by atoms with Crippen LogP contribution >= 0.6 is 46.8 Å². The summed E-state index contributed by atoms with van der Waals surface area (Å²) in [7, 11) is 0. The Hall–Kier alpha value is -3.69. The number of aromatic hydroxyl groups is 1. The molecule has 0 unspecified atom stereocenters. The second kappa shape index (κ2) is 11.0. The predicted octanol–water partition coefficient (Wildman–Crippen LogP) is 8.07. The summed E-state index contributed by atoms with van der Waals surface area (Å²) >= 11 is 18.9. The highest BCUT2D eigenvalue weighted by Crippen LogP contribution is 2.39. The molecule has 3 aromatic carbocycles. The Bertz CT molecular complexity index is 1670. The lowest BCUT2D eigenvalue weighted by Gasteiger charge is -2.12. The molecule has 2 aromatic heterocycles. The molecule has 0 spiro atoms. The number of phenolic OH excluding ortho intramolecular Hbond substituents is 1. The fourth-order valence-electron chi connectivity index (χ4n) is 3.77. The Morgan fingerprint density at radius 1 is 1.08 bits per heavy atom. The van der Waals surface area contributed by atoms with E-state index < -0.39 is 5.91 Å². The number of hydrogen-bond acceptors (Lipinski definition) is 6. The SMILES string of the molecule is Cc1cc(NC(=S)NC(=O)/C=C/c2ccc(-c3cc(Cl)cc(Cl)c3)o2)cc(-c2nc3ccccc3s2)c1O. The van der Waals surface area contributed by atoms with Crippen LogP contribution in [0.5, 0.6) is 5.75 Å². The number of carbonyl (C=O) groups excluding carboxylic acids is 1. The highest BCUT2D eigenvalue weighted by Gasteiger charge is 2.15. The standard InChI is InChI=1S/C28H19Cl2N3O3S2/c1-15-10-19(14-21(26(15)35)27-32-22-4-2-3-5-24(22)38-27)31-28(37)33-25(34)9-7-20-6-8-23(36-20)16-11-17(29)13-18(30)12-16/h2-14,35H,1H3,(H2,31,33,34,37)/b9-7+. The van der Waals surface area contributed by atoms with E-state index in [1.165, 1.54) is 23.5 Å². The minimum Gasteiger partial charge on any atom is -0.507 e. The number of carbonyl (C=O) groups is 1. The third-order valence-electron chi connectivity index (χ3n) is 5.49. The van der Waals surface area contributed by atoms with E-state index in [0.717, 1.165) is 15.8 Å². The zero-order valence-electron chi connectivity index (χ0n) is 19.8. The number of hydrogen-bond donors (Lipinski definition) is 3. The molecular formula is C28H19Cl2N3O3S2. The van der Waals surface area contributed by atoms with Crippen molar-refractivity contribution in [3.63, 3.8) is 0 Å². The number of benzene rings is 3. The van der Waals surface area contributed by atoms with Crippen molar-refractivity contribution in [1.29, 1.82) is 0 Å². The highest BCUT2D eigenvalue weighted by atomic mass is 35.5. The van der Waals surface area contributed by atoms with Crippen LogP contribution in [-0.2, 0) is 4.79 Å². The van der Waals surface area contributed by atoms with Crippen LogP contribution in [0.25, 0.3) is 38.2 Å². The smallest absolute Gasteiger partial charge is 0.250 e. The number of nitrogens with one attached hydrogen (secondary N) is 2. The topological polar surface area (TPSA) is 87.4 Å². The molecule has 0 aliphatic rings. The number of aryl methyl sites for hydroxylation is 1. The molecule has 0 atom stereocenters. The van der Waals surface area contributed by atoms with Crippen molar-refractivity contribution < 1.29 is 14.3 Å². The van der Waals surface area contributed by atoms with Crippen LogP contribution in [0.15, 0.2) is 77.2 Å². The van der Waals surface area contributed by atoms with Gasteiger partial charge in [-0.25, -0.2) is 4.98 Å². The quantitative estimate of drug-likeness (QED) is 0.111. The van der Waals surface area contributed by atoms with Crippen LogP contribution < -0.4 is 10.6 Å². The number of amides is 1. The normalized spacial score (nSPS) is 11.2. The number of nitrogens with zero attached hydrogens (tertiary/aromatic N) is 1. The van der Waals surface area contributed by atoms with Crippen molar-refractivity contribution in [2.45, 2.75) is 6.92 Å². The number of rotatable bonds is 5. The van der Waals surface area contributed by atoms with Crippen molar-refractivity contribution in [1.82, 2.24) is 10.3 Å². The second-order valence-electron chi connectivity index (χ2n) is 8.31. The number of para-hydroxylation sites is 1. The van der Waals surface area contributed by atoms with Crippen LogP contribution in [-0.4, -0.2) is 21.1 Å². The van der Waals surface area contributed by atoms with Gasteiger partial charge in [0.2, 0.25) is 5.91 Å². The molecule has 10 heteroatoms. The van der Waals surface area contributed by atoms with Crippen molar-refractivity contribution >= 4 is 79.8 Å². The summed E-state index contributed by atoms with van der Waals surface area (Å²) in [6, 6.07) is 19.9. The second-order valence-corrected chi connectivity index (χ2v) is 10.6. The van der Waals surface area contributed by atoms with Crippen molar-refractivity contribution in [3.8, 4) is 27.6 Å². The van der Waals surface area contributed by atoms with E-state index in [-0.39, 0.29) is 10.9 Å². The van der Waals surface area contributed by atoms with Crippen LogP contribution in [0.2, 0.25) is 10.0 Å². The van der Waals surface area contributed by atoms with Gasteiger partial charge < -0.3 is 14.8 Å². The summed E-state index contributed by atoms with van der Waals surface area (Å²) in [6.45, 7) is 1.79. The van der Waals surface area contributed by atoms with Crippen LogP contribution in [0.1, 0.15) is 11.3 Å². The monoisotopic (exact) mass is 579 g/mol. The van der Waals surface area contributed by atoms with E-state index in [4.69, 9.17) is 39.8 Å². The van der Waals surface area contributed by atoms with Crippen LogP contribution in [0.3, 0.4) is 0 Å². The molecule has 0 bridgehead atoms. The van der Waals surface area contributed by atoms with Gasteiger partial charge >= 0.3 is 0 Å². The lowest BCUT2D eigenvalue weighted by molar-refractivity contribution is -0.115. The Morgan fingerprint density at radius 2 is 1.84 bits per heavy atom. The molecule has 0 radical (unpaired) electrons. The van der Waals surface area contributed by atoms with E-state index in [0.29, 0.717) is 43.4 Å². The first-order valence-corrected chi connectivity index (χ1v) is 13.3. The lowest BCUT2D eigenvalue weighted by atomic mass is 10.1. The van der Waals surface area contributed by atoms with E-state index in [9.17, 15) is 9.90 Å². The van der Waals surface area contributed by atoms with Gasteiger partial charge in [0.05, 0.1) is 15.8 Å². The highest BCUT2D eigenvalue weighted by molar-refractivity contribution is 7.80. The summed E-state index contributed by atoms with van der Waals surface area (Å²) in [4.78, 5) is 17.1. The first kappa shape index (κ1) is 25.9. The average Bonchev–Trinajstić information content (AvgIpc) is 3.51. The zero-order chi connectivity index (χ0) is 26.8. The number of aromatic nitrogens is 1. The molecule has 5 aromatic rings. The molecule has 0 fully saturated rings. The summed E-state index contributed by atoms with van der Waals surface area (Å²) in [5, 5.41) is 18.1. The Balaban J connectivity index is 1.25. The first-order chi connectivity index (χ1) is 18.2. The average molecular weight is 581 g/mol. The van der Waals surface area contributed by atoms with E-state index in [2.05, 4.69) is 15.6 Å². The predicted molar refractivity (Wildman–Crippen MR) is 159 cm³/mol. The maximum Gasteiger partial charge on any atom is 0.250 e. The Morgan fingerprint density at radius 3 is 2.61 bits per heavy atom. The fraction of sp³-hybridized carbons (Fsp3) is 0.0357. The molecule has 3 N–H and O–H groups in total. The van der Waals surface area contributed by atoms with Gasteiger partial charge in [0.25, 0.3) is 0 Å². The van der Waals surface area contributed by atoms with Gasteiger partial charge in [-0.2, -0.15) is 0 Å². The molecule has 0 aliphatic heterocycles. The molecule has 2 heterocycles. The van der Waals surface area contributed by atoms with Crippen molar-refractivity contribution in [3.05, 3.63) is 94.2 Å². The number of halogens is 2. The van der Waals surface area contributed by atoms with Gasteiger partial charge in [0.15, 0.2) is 5.11 Å². The third kappa shape index (κ3) is 5.89. The number of fused-ring (bicyclic) bond motifs is 1. The maximum atomic E-state index is 12.4. The van der Waals surface area contributed by atoms with Gasteiger partial charge in [-0.15, -0.1) is 11.3 Å². The molecule has 5 rings (SSSR count). The minimum absolute atomic E-state index is 0.105. The number of anilines is 1. The number of thiazole rings is 1. The summed E-state index contributed by atoms with van der Waals surface area (Å²) in [5.74, 6) is 0.747. The Labute approximate surface area is 237 Å². The molecule has 0 saturated carbocycles. The molecular weight excluding hydrogens is 561 g/mol. The molecule has 38 heavy (non-hydrogen) atoms. The number of phenols is 1. The summed E-state index contributed by atoms with van der Waals surface area (Å²) in [6.07, 6.45) is 2.85. The number of thiocarbonyl (C=S) groups is 1. The minimum atomic E-state index is -0.437. The maximum absolute atomic E-state index is 12.4. The van der Waals surface area contributed by atoms with Gasteiger partial charge in [0.1, 0.15) is 22.3 Å². The van der Waals surface area contributed by atoms with Crippen molar-refractivity contribution in [2.24, 2.45) is 0 Å². The fourth-order valence-corrected chi connectivity index (χ4v) is 5.50. The molecule has 0 aliphatic carbocycles. The van der Waals surface area contributed by atoms with E-state index in [1.54, 1.807) is 49.4 Å². The van der Waals surface area contributed by atoms with Gasteiger partial charge in [-0.1, -0.05) is 35.3 Å². The molecule has 6 nitrogen and oxygen atoms in total.